The van der Waals surface area contributed by atoms with Crippen molar-refractivity contribution in [2.24, 2.45) is 0 Å². The summed E-state index contributed by atoms with van der Waals surface area (Å²) in [6, 6.07) is 18.1. The zero-order valence-corrected chi connectivity index (χ0v) is 16.9. The second-order valence-corrected chi connectivity index (χ2v) is 8.23. The van der Waals surface area contributed by atoms with Crippen molar-refractivity contribution in [3.05, 3.63) is 72.0 Å². The van der Waals surface area contributed by atoms with Crippen LogP contribution in [0, 0.1) is 0 Å². The Morgan fingerprint density at radius 1 is 0.862 bits per heavy atom. The van der Waals surface area contributed by atoms with Crippen LogP contribution in [0.3, 0.4) is 0 Å². The first-order chi connectivity index (χ1) is 14.2. The van der Waals surface area contributed by atoms with E-state index in [1.54, 1.807) is 23.7 Å². The van der Waals surface area contributed by atoms with Gasteiger partial charge in [0, 0.05) is 34.9 Å². The van der Waals surface area contributed by atoms with E-state index in [9.17, 15) is 0 Å². The minimum Gasteiger partial charge on any atom is -0.340 e. The molecule has 142 valence electrons. The SMILES string of the molecule is CC(C)c1nc2ccc(Nc3nc(-c4ccncc4)nc4ccccc34)cc2s1. The second kappa shape index (κ2) is 7.22. The van der Waals surface area contributed by atoms with Gasteiger partial charge in [-0.3, -0.25) is 4.98 Å². The summed E-state index contributed by atoms with van der Waals surface area (Å²) in [6.07, 6.45) is 3.51. The van der Waals surface area contributed by atoms with Gasteiger partial charge in [0.15, 0.2) is 5.82 Å². The molecule has 0 radical (unpaired) electrons. The fourth-order valence-electron chi connectivity index (χ4n) is 3.21. The Bertz CT molecular complexity index is 1310. The van der Waals surface area contributed by atoms with E-state index in [0.29, 0.717) is 11.7 Å². The molecule has 3 heterocycles. The molecule has 1 N–H and O–H groups in total. The van der Waals surface area contributed by atoms with Crippen molar-refractivity contribution >= 4 is 44.0 Å². The van der Waals surface area contributed by atoms with E-state index >= 15 is 0 Å². The summed E-state index contributed by atoms with van der Waals surface area (Å²) >= 11 is 1.74. The molecule has 0 fully saturated rings. The molecule has 6 heteroatoms. The zero-order valence-electron chi connectivity index (χ0n) is 16.1. The van der Waals surface area contributed by atoms with Crippen LogP contribution in [-0.2, 0) is 0 Å². The summed E-state index contributed by atoms with van der Waals surface area (Å²) in [5, 5.41) is 5.64. The van der Waals surface area contributed by atoms with Crippen LogP contribution in [0.2, 0.25) is 0 Å². The summed E-state index contributed by atoms with van der Waals surface area (Å²) in [4.78, 5) is 18.4. The molecule has 0 amide bonds. The molecule has 5 aromatic rings. The van der Waals surface area contributed by atoms with Crippen molar-refractivity contribution in [1.29, 1.82) is 0 Å². The molecule has 5 nitrogen and oxygen atoms in total. The highest BCUT2D eigenvalue weighted by Gasteiger charge is 2.11. The third-order valence-corrected chi connectivity index (χ3v) is 6.02. The smallest absolute Gasteiger partial charge is 0.162 e. The predicted molar refractivity (Wildman–Crippen MR) is 120 cm³/mol. The number of benzene rings is 2. The number of anilines is 2. The lowest BCUT2D eigenvalue weighted by Gasteiger charge is -2.11. The minimum atomic E-state index is 0.428. The van der Waals surface area contributed by atoms with Crippen molar-refractivity contribution in [2.75, 3.05) is 5.32 Å². The molecule has 3 aromatic heterocycles. The van der Waals surface area contributed by atoms with Gasteiger partial charge in [0.2, 0.25) is 0 Å². The Morgan fingerprint density at radius 3 is 2.52 bits per heavy atom. The molecule has 0 aliphatic carbocycles. The third-order valence-electron chi connectivity index (χ3n) is 4.70. The average Bonchev–Trinajstić information content (AvgIpc) is 3.18. The summed E-state index contributed by atoms with van der Waals surface area (Å²) in [5.41, 5.74) is 3.86. The molecule has 0 saturated carbocycles. The molecule has 0 saturated heterocycles. The van der Waals surface area contributed by atoms with Gasteiger partial charge < -0.3 is 5.32 Å². The third kappa shape index (κ3) is 3.43. The van der Waals surface area contributed by atoms with Crippen molar-refractivity contribution in [2.45, 2.75) is 19.8 Å². The number of hydrogen-bond donors (Lipinski definition) is 1. The molecule has 0 atom stereocenters. The highest BCUT2D eigenvalue weighted by Crippen LogP contribution is 2.32. The minimum absolute atomic E-state index is 0.428. The standard InChI is InChI=1S/C23H19N5S/c1-14(2)23-27-19-8-7-16(13-20(19)29-23)25-22-17-5-3-4-6-18(17)26-21(28-22)15-9-11-24-12-10-15/h3-14H,1-2H3,(H,25,26,28). The molecule has 0 aliphatic heterocycles. The Morgan fingerprint density at radius 2 is 1.69 bits per heavy atom. The van der Waals surface area contributed by atoms with Crippen LogP contribution in [0.4, 0.5) is 11.5 Å². The summed E-state index contributed by atoms with van der Waals surface area (Å²) in [6.45, 7) is 4.34. The van der Waals surface area contributed by atoms with Gasteiger partial charge in [-0.15, -0.1) is 11.3 Å². The number of para-hydroxylation sites is 1. The van der Waals surface area contributed by atoms with Crippen LogP contribution < -0.4 is 5.32 Å². The van der Waals surface area contributed by atoms with Crippen LogP contribution >= 0.6 is 11.3 Å². The lowest BCUT2D eigenvalue weighted by Crippen LogP contribution is -1.99. The maximum atomic E-state index is 4.82. The van der Waals surface area contributed by atoms with Gasteiger partial charge in [-0.1, -0.05) is 26.0 Å². The van der Waals surface area contributed by atoms with Crippen molar-refractivity contribution in [1.82, 2.24) is 19.9 Å². The maximum absolute atomic E-state index is 4.82. The quantitative estimate of drug-likeness (QED) is 0.393. The van der Waals surface area contributed by atoms with Crippen LogP contribution in [0.1, 0.15) is 24.8 Å². The number of hydrogen-bond acceptors (Lipinski definition) is 6. The Hall–Kier alpha value is -3.38. The highest BCUT2D eigenvalue weighted by atomic mass is 32.1. The molecule has 5 rings (SSSR count). The van der Waals surface area contributed by atoms with E-state index in [1.165, 1.54) is 4.70 Å². The first-order valence-corrected chi connectivity index (χ1v) is 10.3. The van der Waals surface area contributed by atoms with E-state index in [4.69, 9.17) is 15.0 Å². The van der Waals surface area contributed by atoms with E-state index in [-0.39, 0.29) is 0 Å². The monoisotopic (exact) mass is 397 g/mol. The molecular weight excluding hydrogens is 378 g/mol. The average molecular weight is 398 g/mol. The highest BCUT2D eigenvalue weighted by molar-refractivity contribution is 7.18. The zero-order chi connectivity index (χ0) is 19.8. The van der Waals surface area contributed by atoms with E-state index in [2.05, 4.69) is 42.3 Å². The van der Waals surface area contributed by atoms with Gasteiger partial charge in [-0.05, 0) is 42.5 Å². The second-order valence-electron chi connectivity index (χ2n) is 7.16. The van der Waals surface area contributed by atoms with Crippen molar-refractivity contribution in [3.8, 4) is 11.4 Å². The van der Waals surface area contributed by atoms with Gasteiger partial charge in [-0.2, -0.15) is 0 Å². The number of nitrogens with zero attached hydrogens (tertiary/aromatic N) is 4. The van der Waals surface area contributed by atoms with Gasteiger partial charge >= 0.3 is 0 Å². The molecule has 29 heavy (non-hydrogen) atoms. The number of aromatic nitrogens is 4. The van der Waals surface area contributed by atoms with Crippen LogP contribution in [0.5, 0.6) is 0 Å². The first kappa shape index (κ1) is 17.7. The summed E-state index contributed by atoms with van der Waals surface area (Å²) in [7, 11) is 0. The van der Waals surface area contributed by atoms with E-state index in [0.717, 1.165) is 38.5 Å². The maximum Gasteiger partial charge on any atom is 0.162 e. The van der Waals surface area contributed by atoms with E-state index < -0.39 is 0 Å². The molecule has 2 aromatic carbocycles. The first-order valence-electron chi connectivity index (χ1n) is 9.52. The number of nitrogens with one attached hydrogen (secondary N) is 1. The lowest BCUT2D eigenvalue weighted by atomic mass is 10.2. The van der Waals surface area contributed by atoms with Crippen molar-refractivity contribution in [3.63, 3.8) is 0 Å². The number of thiazole rings is 1. The van der Waals surface area contributed by atoms with Crippen LogP contribution in [0.15, 0.2) is 67.0 Å². The van der Waals surface area contributed by atoms with E-state index in [1.807, 2.05) is 36.4 Å². The lowest BCUT2D eigenvalue weighted by molar-refractivity contribution is 0.857. The van der Waals surface area contributed by atoms with Gasteiger partial charge in [0.05, 0.1) is 20.7 Å². The van der Waals surface area contributed by atoms with Crippen LogP contribution in [0.25, 0.3) is 32.5 Å². The molecule has 0 spiro atoms. The Labute approximate surface area is 172 Å². The molecule has 0 aliphatic rings. The topological polar surface area (TPSA) is 63.6 Å². The summed E-state index contributed by atoms with van der Waals surface area (Å²) < 4.78 is 1.17. The molecular formula is C23H19N5S. The van der Waals surface area contributed by atoms with Gasteiger partial charge in [-0.25, -0.2) is 15.0 Å². The fourth-order valence-corrected chi connectivity index (χ4v) is 4.21. The van der Waals surface area contributed by atoms with Crippen LogP contribution in [-0.4, -0.2) is 19.9 Å². The number of rotatable bonds is 4. The predicted octanol–water partition coefficient (Wildman–Crippen LogP) is 6.17. The van der Waals surface area contributed by atoms with Crippen molar-refractivity contribution < 1.29 is 0 Å². The molecule has 0 bridgehead atoms. The Balaban J connectivity index is 1.60. The number of pyridine rings is 1. The normalized spacial score (nSPS) is 11.4. The summed E-state index contributed by atoms with van der Waals surface area (Å²) in [5.74, 6) is 1.89. The Kier molecular flexibility index (Phi) is 4.41. The van der Waals surface area contributed by atoms with Gasteiger partial charge in [0.1, 0.15) is 5.82 Å². The fraction of sp³-hybridized carbons (Fsp3) is 0.130. The molecule has 0 unspecified atom stereocenters. The largest absolute Gasteiger partial charge is 0.340 e. The van der Waals surface area contributed by atoms with Gasteiger partial charge in [0.25, 0.3) is 0 Å². The number of fused-ring (bicyclic) bond motifs is 2.